The van der Waals surface area contributed by atoms with Gasteiger partial charge in [0.15, 0.2) is 5.96 Å². The first-order chi connectivity index (χ1) is 14.2. The second-order valence-corrected chi connectivity index (χ2v) is 7.25. The van der Waals surface area contributed by atoms with Crippen molar-refractivity contribution in [2.45, 2.75) is 45.2 Å². The highest BCUT2D eigenvalue weighted by molar-refractivity contribution is 14.0. The Morgan fingerprint density at radius 2 is 1.80 bits per heavy atom. The number of rotatable bonds is 11. The Morgan fingerprint density at radius 1 is 1.10 bits per heavy atom. The van der Waals surface area contributed by atoms with Crippen molar-refractivity contribution in [1.82, 2.24) is 15.5 Å². The first-order valence-electron chi connectivity index (χ1n) is 10.6. The van der Waals surface area contributed by atoms with Gasteiger partial charge in [-0.05, 0) is 24.0 Å². The van der Waals surface area contributed by atoms with Crippen molar-refractivity contribution in [2.75, 3.05) is 47.0 Å². The predicted molar refractivity (Wildman–Crippen MR) is 131 cm³/mol. The number of ether oxygens (including phenoxy) is 2. The third-order valence-corrected chi connectivity index (χ3v) is 5.11. The normalized spacial score (nSPS) is 14.7. The molecule has 0 aromatic heterocycles. The van der Waals surface area contributed by atoms with Gasteiger partial charge in [-0.2, -0.15) is 0 Å². The number of hydrogen-bond donors (Lipinski definition) is 2. The van der Waals surface area contributed by atoms with Crippen LogP contribution in [-0.4, -0.2) is 63.8 Å². The number of benzene rings is 1. The van der Waals surface area contributed by atoms with Crippen LogP contribution in [0, 0.1) is 0 Å². The number of unbranched alkanes of at least 4 members (excludes halogenated alkanes) is 3. The number of carbonyl (C=O) groups excluding carboxylic acids is 1. The van der Waals surface area contributed by atoms with Crippen LogP contribution in [0.15, 0.2) is 29.3 Å². The number of guanidine groups is 1. The lowest BCUT2D eigenvalue weighted by Gasteiger charge is -2.27. The van der Waals surface area contributed by atoms with Gasteiger partial charge in [0.1, 0.15) is 0 Å². The van der Waals surface area contributed by atoms with Crippen LogP contribution >= 0.6 is 24.0 Å². The van der Waals surface area contributed by atoms with Gasteiger partial charge in [0.25, 0.3) is 0 Å². The number of nitrogens with zero attached hydrogens (tertiary/aromatic N) is 2. The molecule has 0 unspecified atom stereocenters. The summed E-state index contributed by atoms with van der Waals surface area (Å²) in [5.74, 6) is 0.697. The molecule has 1 aromatic rings. The maximum absolute atomic E-state index is 11.1. The summed E-state index contributed by atoms with van der Waals surface area (Å²) < 4.78 is 10.1. The molecule has 2 rings (SSSR count). The monoisotopic (exact) mass is 532 g/mol. The molecule has 170 valence electrons. The van der Waals surface area contributed by atoms with Crippen LogP contribution in [0.4, 0.5) is 0 Å². The number of carbonyl (C=O) groups is 1. The summed E-state index contributed by atoms with van der Waals surface area (Å²) in [4.78, 5) is 17.8. The van der Waals surface area contributed by atoms with E-state index in [1.807, 2.05) is 0 Å². The number of methoxy groups -OCH3 is 1. The first kappa shape index (κ1) is 26.6. The minimum Gasteiger partial charge on any atom is -0.469 e. The summed E-state index contributed by atoms with van der Waals surface area (Å²) in [6.45, 7) is 6.19. The summed E-state index contributed by atoms with van der Waals surface area (Å²) in [5.41, 5.74) is 2.65. The summed E-state index contributed by atoms with van der Waals surface area (Å²) in [7, 11) is 3.23. The number of esters is 1. The van der Waals surface area contributed by atoms with Crippen LogP contribution in [-0.2, 0) is 27.4 Å². The largest absolute Gasteiger partial charge is 0.469 e. The molecule has 0 radical (unpaired) electrons. The van der Waals surface area contributed by atoms with Crippen molar-refractivity contribution >= 4 is 35.9 Å². The van der Waals surface area contributed by atoms with Crippen LogP contribution in [0.2, 0.25) is 0 Å². The van der Waals surface area contributed by atoms with E-state index in [0.717, 1.165) is 77.6 Å². The molecule has 1 aliphatic heterocycles. The zero-order valence-corrected chi connectivity index (χ0v) is 20.7. The van der Waals surface area contributed by atoms with E-state index in [1.165, 1.54) is 18.2 Å². The molecule has 0 spiro atoms. The maximum atomic E-state index is 11.1. The Morgan fingerprint density at radius 3 is 2.50 bits per heavy atom. The Bertz CT molecular complexity index is 637. The number of morpholine rings is 1. The maximum Gasteiger partial charge on any atom is 0.305 e. The second kappa shape index (κ2) is 16.3. The van der Waals surface area contributed by atoms with E-state index in [1.54, 1.807) is 7.05 Å². The quantitative estimate of drug-likeness (QED) is 0.150. The molecule has 1 aromatic carbocycles. The van der Waals surface area contributed by atoms with Crippen LogP contribution < -0.4 is 10.6 Å². The fourth-order valence-electron chi connectivity index (χ4n) is 3.34. The Labute approximate surface area is 198 Å². The first-order valence-corrected chi connectivity index (χ1v) is 10.6. The van der Waals surface area contributed by atoms with E-state index >= 15 is 0 Å². The number of nitrogens with one attached hydrogen (secondary N) is 2. The van der Waals surface area contributed by atoms with Gasteiger partial charge < -0.3 is 20.1 Å². The van der Waals surface area contributed by atoms with E-state index < -0.39 is 0 Å². The lowest BCUT2D eigenvalue weighted by Crippen LogP contribution is -2.38. The molecule has 2 N–H and O–H groups in total. The molecule has 1 saturated heterocycles. The minimum absolute atomic E-state index is 0. The molecule has 0 atom stereocenters. The van der Waals surface area contributed by atoms with Crippen molar-refractivity contribution in [1.29, 1.82) is 0 Å². The van der Waals surface area contributed by atoms with Gasteiger partial charge in [-0.25, -0.2) is 0 Å². The van der Waals surface area contributed by atoms with Crippen molar-refractivity contribution in [3.8, 4) is 0 Å². The van der Waals surface area contributed by atoms with Crippen LogP contribution in [0.1, 0.15) is 43.2 Å². The predicted octanol–water partition coefficient (Wildman–Crippen LogP) is 2.93. The molecule has 0 amide bonds. The Kier molecular flexibility index (Phi) is 14.5. The third-order valence-electron chi connectivity index (χ3n) is 5.11. The van der Waals surface area contributed by atoms with Crippen molar-refractivity contribution in [2.24, 2.45) is 4.99 Å². The van der Waals surface area contributed by atoms with Gasteiger partial charge in [0.05, 0.1) is 20.3 Å². The SMILES string of the molecule is CN=C(NCCCCCCC(=O)OC)NCc1ccccc1CN1CCOCC1.I. The average molecular weight is 532 g/mol. The van der Waals surface area contributed by atoms with Crippen molar-refractivity contribution < 1.29 is 14.3 Å². The summed E-state index contributed by atoms with van der Waals surface area (Å²) in [5, 5.41) is 6.79. The van der Waals surface area contributed by atoms with Crippen molar-refractivity contribution in [3.63, 3.8) is 0 Å². The highest BCUT2D eigenvalue weighted by Gasteiger charge is 2.12. The summed E-state index contributed by atoms with van der Waals surface area (Å²) >= 11 is 0. The topological polar surface area (TPSA) is 75.2 Å². The van der Waals surface area contributed by atoms with Gasteiger partial charge in [-0.15, -0.1) is 24.0 Å². The van der Waals surface area contributed by atoms with E-state index in [-0.39, 0.29) is 29.9 Å². The number of halogens is 1. The fourth-order valence-corrected chi connectivity index (χ4v) is 3.34. The van der Waals surface area contributed by atoms with Crippen molar-refractivity contribution in [3.05, 3.63) is 35.4 Å². The average Bonchev–Trinajstić information content (AvgIpc) is 2.76. The van der Waals surface area contributed by atoms with E-state index in [9.17, 15) is 4.79 Å². The van der Waals surface area contributed by atoms with Crippen LogP contribution in [0.5, 0.6) is 0 Å². The Balaban J connectivity index is 0.00000450. The van der Waals surface area contributed by atoms with E-state index in [0.29, 0.717) is 6.42 Å². The summed E-state index contributed by atoms with van der Waals surface area (Å²) in [6.07, 6.45) is 4.58. The molecular weight excluding hydrogens is 495 g/mol. The molecule has 30 heavy (non-hydrogen) atoms. The fraction of sp³-hybridized carbons (Fsp3) is 0.636. The number of hydrogen-bond acceptors (Lipinski definition) is 5. The van der Waals surface area contributed by atoms with Gasteiger partial charge in [-0.1, -0.05) is 37.1 Å². The van der Waals surface area contributed by atoms with Gasteiger partial charge in [-0.3, -0.25) is 14.7 Å². The minimum atomic E-state index is -0.123. The molecule has 1 fully saturated rings. The lowest BCUT2D eigenvalue weighted by molar-refractivity contribution is -0.140. The van der Waals surface area contributed by atoms with Crippen LogP contribution in [0.25, 0.3) is 0 Å². The molecule has 8 heteroatoms. The second-order valence-electron chi connectivity index (χ2n) is 7.25. The molecule has 0 saturated carbocycles. The van der Waals surface area contributed by atoms with E-state index in [4.69, 9.17) is 4.74 Å². The highest BCUT2D eigenvalue weighted by atomic mass is 127. The zero-order chi connectivity index (χ0) is 20.7. The molecule has 0 bridgehead atoms. The molecule has 0 aliphatic carbocycles. The van der Waals surface area contributed by atoms with Gasteiger partial charge >= 0.3 is 5.97 Å². The molecule has 1 aliphatic rings. The molecule has 1 heterocycles. The zero-order valence-electron chi connectivity index (χ0n) is 18.3. The summed E-state index contributed by atoms with van der Waals surface area (Å²) in [6, 6.07) is 8.57. The van der Waals surface area contributed by atoms with Crippen LogP contribution in [0.3, 0.4) is 0 Å². The number of aliphatic imine (C=N–C) groups is 1. The van der Waals surface area contributed by atoms with Gasteiger partial charge in [0.2, 0.25) is 0 Å². The highest BCUT2D eigenvalue weighted by Crippen LogP contribution is 2.13. The lowest BCUT2D eigenvalue weighted by atomic mass is 10.1. The van der Waals surface area contributed by atoms with Gasteiger partial charge in [0, 0.05) is 46.2 Å². The Hall–Kier alpha value is -1.39. The third kappa shape index (κ3) is 10.6. The smallest absolute Gasteiger partial charge is 0.305 e. The van der Waals surface area contributed by atoms with E-state index in [2.05, 4.69) is 49.5 Å². The standard InChI is InChI=1S/C22H36N4O3.HI/c1-23-22(24-12-8-4-3-5-11-21(27)28-2)25-17-19-9-6-7-10-20(19)18-26-13-15-29-16-14-26;/h6-7,9-10H,3-5,8,11-18H2,1-2H3,(H2,23,24,25);1H. The molecule has 7 nitrogen and oxygen atoms in total. The molecular formula is C22H37IN4O3.